The Kier molecular flexibility index (Phi) is 4.78. The Morgan fingerprint density at radius 3 is 2.92 bits per heavy atom. The number of carbonyl (C=O) groups is 3. The first kappa shape index (κ1) is 16.4. The van der Waals surface area contributed by atoms with Gasteiger partial charge in [0.2, 0.25) is 5.91 Å². The van der Waals surface area contributed by atoms with Gasteiger partial charge in [-0.2, -0.15) is 0 Å². The van der Waals surface area contributed by atoms with Crippen molar-refractivity contribution >= 4 is 17.8 Å². The topological polar surface area (TPSA) is 82.6 Å². The van der Waals surface area contributed by atoms with E-state index in [0.29, 0.717) is 19.0 Å². The van der Waals surface area contributed by atoms with Crippen LogP contribution in [0.3, 0.4) is 0 Å². The molecule has 1 N–H and O–H groups in total. The van der Waals surface area contributed by atoms with E-state index in [2.05, 4.69) is 10.3 Å². The van der Waals surface area contributed by atoms with Crippen LogP contribution in [0.15, 0.2) is 18.2 Å². The van der Waals surface area contributed by atoms with Crippen LogP contribution in [-0.2, 0) is 16.0 Å². The number of nitrogens with one attached hydrogen (secondary N) is 1. The monoisotopic (exact) mass is 330 g/mol. The van der Waals surface area contributed by atoms with Crippen molar-refractivity contribution in [2.45, 2.75) is 26.2 Å². The molecule has 7 heteroatoms. The molecule has 128 valence electrons. The largest absolute Gasteiger partial charge is 0.341 e. The Hall–Kier alpha value is -2.44. The van der Waals surface area contributed by atoms with Gasteiger partial charge in [-0.3, -0.25) is 19.5 Å². The van der Waals surface area contributed by atoms with Crippen LogP contribution in [0.4, 0.5) is 4.79 Å². The highest BCUT2D eigenvalue weighted by molar-refractivity contribution is 6.04. The Balaban J connectivity index is 1.57. The van der Waals surface area contributed by atoms with Gasteiger partial charge in [-0.15, -0.1) is 0 Å². The molecule has 3 rings (SSSR count). The van der Waals surface area contributed by atoms with E-state index in [1.165, 1.54) is 0 Å². The molecule has 0 saturated carbocycles. The van der Waals surface area contributed by atoms with Gasteiger partial charge in [0.15, 0.2) is 0 Å². The second-order valence-corrected chi connectivity index (χ2v) is 6.46. The highest BCUT2D eigenvalue weighted by Crippen LogP contribution is 2.20. The van der Waals surface area contributed by atoms with Gasteiger partial charge in [0.05, 0.1) is 6.54 Å². The van der Waals surface area contributed by atoms with E-state index in [1.807, 2.05) is 25.1 Å². The predicted octanol–water partition coefficient (Wildman–Crippen LogP) is 0.723. The van der Waals surface area contributed by atoms with E-state index in [1.54, 1.807) is 4.90 Å². The fourth-order valence-corrected chi connectivity index (χ4v) is 3.32. The van der Waals surface area contributed by atoms with Crippen LogP contribution < -0.4 is 5.32 Å². The number of piperidine rings is 1. The summed E-state index contributed by atoms with van der Waals surface area (Å²) in [6.07, 6.45) is 2.83. The number of pyridine rings is 1. The standard InChI is InChI=1S/C17H22N4O3/c1-12-4-2-6-14(19-12)8-13-5-3-7-20(10-13)16(23)11-21-15(22)9-18-17(21)24/h2,4,6,13H,3,5,7-11H2,1H3,(H,18,24)/t13-/m1/s1. The number of amides is 4. The maximum Gasteiger partial charge on any atom is 0.325 e. The Morgan fingerprint density at radius 2 is 2.21 bits per heavy atom. The lowest BCUT2D eigenvalue weighted by atomic mass is 9.93. The molecule has 1 aromatic heterocycles. The van der Waals surface area contributed by atoms with Crippen molar-refractivity contribution in [3.8, 4) is 0 Å². The summed E-state index contributed by atoms with van der Waals surface area (Å²) in [5.41, 5.74) is 2.04. The van der Waals surface area contributed by atoms with Gasteiger partial charge in [-0.1, -0.05) is 6.07 Å². The van der Waals surface area contributed by atoms with Crippen LogP contribution in [-0.4, -0.2) is 58.8 Å². The van der Waals surface area contributed by atoms with E-state index in [-0.39, 0.29) is 24.9 Å². The summed E-state index contributed by atoms with van der Waals surface area (Å²) in [4.78, 5) is 42.9. The summed E-state index contributed by atoms with van der Waals surface area (Å²) in [7, 11) is 0. The quantitative estimate of drug-likeness (QED) is 0.825. The summed E-state index contributed by atoms with van der Waals surface area (Å²) in [6, 6.07) is 5.51. The van der Waals surface area contributed by atoms with Crippen molar-refractivity contribution in [3.05, 3.63) is 29.6 Å². The molecule has 0 aromatic carbocycles. The minimum atomic E-state index is -0.481. The van der Waals surface area contributed by atoms with Crippen molar-refractivity contribution in [2.24, 2.45) is 5.92 Å². The summed E-state index contributed by atoms with van der Waals surface area (Å²) >= 11 is 0. The molecule has 3 heterocycles. The Morgan fingerprint density at radius 1 is 1.38 bits per heavy atom. The molecule has 1 atom stereocenters. The molecule has 0 radical (unpaired) electrons. The van der Waals surface area contributed by atoms with Gasteiger partial charge < -0.3 is 10.2 Å². The number of nitrogens with zero attached hydrogens (tertiary/aromatic N) is 3. The van der Waals surface area contributed by atoms with Gasteiger partial charge in [-0.25, -0.2) is 4.79 Å². The molecule has 2 aliphatic rings. The first-order valence-corrected chi connectivity index (χ1v) is 8.31. The molecule has 24 heavy (non-hydrogen) atoms. The normalized spacial score (nSPS) is 21.1. The Bertz CT molecular complexity index is 645. The first-order chi connectivity index (χ1) is 11.5. The van der Waals surface area contributed by atoms with Crippen molar-refractivity contribution in [1.29, 1.82) is 0 Å². The van der Waals surface area contributed by atoms with Crippen LogP contribution in [0.25, 0.3) is 0 Å². The number of urea groups is 1. The highest BCUT2D eigenvalue weighted by Gasteiger charge is 2.33. The van der Waals surface area contributed by atoms with Gasteiger partial charge in [0.1, 0.15) is 6.54 Å². The molecular weight excluding hydrogens is 308 g/mol. The molecule has 7 nitrogen and oxygen atoms in total. The lowest BCUT2D eigenvalue weighted by Crippen LogP contribution is -2.47. The molecule has 2 saturated heterocycles. The summed E-state index contributed by atoms with van der Waals surface area (Å²) in [5, 5.41) is 2.43. The minimum absolute atomic E-state index is 0.0201. The van der Waals surface area contributed by atoms with Crippen LogP contribution in [0.2, 0.25) is 0 Å². The van der Waals surface area contributed by atoms with E-state index in [4.69, 9.17) is 0 Å². The van der Waals surface area contributed by atoms with Gasteiger partial charge in [0.25, 0.3) is 5.91 Å². The number of rotatable bonds is 4. The van der Waals surface area contributed by atoms with Crippen LogP contribution >= 0.6 is 0 Å². The third kappa shape index (κ3) is 3.72. The molecule has 0 bridgehead atoms. The second-order valence-electron chi connectivity index (χ2n) is 6.46. The summed E-state index contributed by atoms with van der Waals surface area (Å²) < 4.78 is 0. The molecule has 4 amide bonds. The third-order valence-corrected chi connectivity index (χ3v) is 4.55. The molecule has 0 aliphatic carbocycles. The Labute approximate surface area is 141 Å². The average molecular weight is 330 g/mol. The fourth-order valence-electron chi connectivity index (χ4n) is 3.32. The highest BCUT2D eigenvalue weighted by atomic mass is 16.2. The van der Waals surface area contributed by atoms with Crippen molar-refractivity contribution in [3.63, 3.8) is 0 Å². The molecular formula is C17H22N4O3. The number of aryl methyl sites for hydroxylation is 1. The van der Waals surface area contributed by atoms with Crippen LogP contribution in [0.5, 0.6) is 0 Å². The number of imide groups is 1. The third-order valence-electron chi connectivity index (χ3n) is 4.55. The summed E-state index contributed by atoms with van der Waals surface area (Å²) in [5.74, 6) is -0.145. The van der Waals surface area contributed by atoms with E-state index in [0.717, 1.165) is 35.6 Å². The molecule has 1 aromatic rings. The predicted molar refractivity (Wildman–Crippen MR) is 87.1 cm³/mol. The van der Waals surface area contributed by atoms with E-state index in [9.17, 15) is 14.4 Å². The second kappa shape index (κ2) is 6.98. The molecule has 0 unspecified atom stereocenters. The van der Waals surface area contributed by atoms with Gasteiger partial charge in [-0.05, 0) is 44.2 Å². The lowest BCUT2D eigenvalue weighted by molar-refractivity contribution is -0.137. The zero-order chi connectivity index (χ0) is 17.1. The average Bonchev–Trinajstić information content (AvgIpc) is 2.87. The number of likely N-dealkylation sites (tertiary alicyclic amines) is 1. The first-order valence-electron chi connectivity index (χ1n) is 8.31. The van der Waals surface area contributed by atoms with Gasteiger partial charge in [0, 0.05) is 24.5 Å². The van der Waals surface area contributed by atoms with Crippen molar-refractivity contribution in [2.75, 3.05) is 26.2 Å². The maximum atomic E-state index is 12.4. The molecule has 2 aliphatic heterocycles. The SMILES string of the molecule is Cc1cccc(C[C@H]2CCCN(C(=O)CN3C(=O)CNC3=O)C2)n1. The zero-order valence-corrected chi connectivity index (χ0v) is 13.8. The number of hydrogen-bond donors (Lipinski definition) is 1. The number of aromatic nitrogens is 1. The lowest BCUT2D eigenvalue weighted by Gasteiger charge is -2.33. The number of hydrogen-bond acceptors (Lipinski definition) is 4. The van der Waals surface area contributed by atoms with Crippen molar-refractivity contribution in [1.82, 2.24) is 20.1 Å². The smallest absolute Gasteiger partial charge is 0.325 e. The fraction of sp³-hybridized carbons (Fsp3) is 0.529. The van der Waals surface area contributed by atoms with Crippen molar-refractivity contribution < 1.29 is 14.4 Å². The number of carbonyl (C=O) groups excluding carboxylic acids is 3. The molecule has 2 fully saturated rings. The minimum Gasteiger partial charge on any atom is -0.341 e. The summed E-state index contributed by atoms with van der Waals surface area (Å²) in [6.45, 7) is 3.12. The van der Waals surface area contributed by atoms with Gasteiger partial charge >= 0.3 is 6.03 Å². The molecule has 0 spiro atoms. The van der Waals surface area contributed by atoms with E-state index >= 15 is 0 Å². The van der Waals surface area contributed by atoms with Crippen LogP contribution in [0, 0.1) is 12.8 Å². The van der Waals surface area contributed by atoms with Crippen LogP contribution in [0.1, 0.15) is 24.2 Å². The zero-order valence-electron chi connectivity index (χ0n) is 13.8. The van der Waals surface area contributed by atoms with E-state index < -0.39 is 6.03 Å². The maximum absolute atomic E-state index is 12.4.